The second kappa shape index (κ2) is 3.31. The third kappa shape index (κ3) is 1.24. The van der Waals surface area contributed by atoms with Crippen molar-refractivity contribution in [3.05, 3.63) is 29.1 Å². The quantitative estimate of drug-likeness (QED) is 0.819. The zero-order chi connectivity index (χ0) is 10.1. The van der Waals surface area contributed by atoms with E-state index in [4.69, 9.17) is 10.5 Å². The van der Waals surface area contributed by atoms with Gasteiger partial charge in [-0.25, -0.2) is 0 Å². The number of hydrogen-bond donors (Lipinski definition) is 1. The molecule has 0 fully saturated rings. The van der Waals surface area contributed by atoms with E-state index in [1.54, 1.807) is 7.11 Å². The van der Waals surface area contributed by atoms with Crippen LogP contribution < -0.4 is 10.5 Å². The molecule has 1 aromatic carbocycles. The smallest absolute Gasteiger partial charge is 0.262 e. The van der Waals surface area contributed by atoms with Crippen LogP contribution in [0.1, 0.15) is 9.67 Å². The third-order valence-corrected chi connectivity index (χ3v) is 3.14. The van der Waals surface area contributed by atoms with Gasteiger partial charge in [-0.1, -0.05) is 12.1 Å². The summed E-state index contributed by atoms with van der Waals surface area (Å²) in [6, 6.07) is 7.68. The SMILES string of the molecule is COc1c(C(N)=O)sc2ccccc12. The van der Waals surface area contributed by atoms with Gasteiger partial charge < -0.3 is 10.5 Å². The Hall–Kier alpha value is -1.55. The van der Waals surface area contributed by atoms with Crippen molar-refractivity contribution < 1.29 is 9.53 Å². The fourth-order valence-electron chi connectivity index (χ4n) is 1.39. The molecule has 0 spiro atoms. The van der Waals surface area contributed by atoms with E-state index in [1.807, 2.05) is 24.3 Å². The van der Waals surface area contributed by atoms with Gasteiger partial charge in [-0.3, -0.25) is 4.79 Å². The van der Waals surface area contributed by atoms with E-state index in [2.05, 4.69) is 0 Å². The van der Waals surface area contributed by atoms with Crippen LogP contribution in [0.5, 0.6) is 5.75 Å². The number of benzene rings is 1. The lowest BCUT2D eigenvalue weighted by Gasteiger charge is -1.98. The van der Waals surface area contributed by atoms with Gasteiger partial charge in [0.2, 0.25) is 0 Å². The highest BCUT2D eigenvalue weighted by molar-refractivity contribution is 7.21. The minimum atomic E-state index is -0.442. The maximum absolute atomic E-state index is 11.1. The minimum Gasteiger partial charge on any atom is -0.494 e. The largest absolute Gasteiger partial charge is 0.494 e. The summed E-state index contributed by atoms with van der Waals surface area (Å²) in [6.45, 7) is 0. The van der Waals surface area contributed by atoms with Crippen LogP contribution in [0.2, 0.25) is 0 Å². The molecule has 0 atom stereocenters. The molecule has 1 heterocycles. The zero-order valence-electron chi connectivity index (χ0n) is 7.61. The fraction of sp³-hybridized carbons (Fsp3) is 0.100. The first-order valence-electron chi connectivity index (χ1n) is 4.09. The van der Waals surface area contributed by atoms with Crippen molar-refractivity contribution in [1.29, 1.82) is 0 Å². The van der Waals surface area contributed by atoms with Crippen LogP contribution in [0.25, 0.3) is 10.1 Å². The van der Waals surface area contributed by atoms with E-state index >= 15 is 0 Å². The summed E-state index contributed by atoms with van der Waals surface area (Å²) in [5, 5.41) is 0.939. The predicted octanol–water partition coefficient (Wildman–Crippen LogP) is 2.01. The number of methoxy groups -OCH3 is 1. The minimum absolute atomic E-state index is 0.442. The van der Waals surface area contributed by atoms with Crippen LogP contribution >= 0.6 is 11.3 Å². The molecule has 0 saturated carbocycles. The number of ether oxygens (including phenoxy) is 1. The van der Waals surface area contributed by atoms with E-state index in [1.165, 1.54) is 11.3 Å². The number of hydrogen-bond acceptors (Lipinski definition) is 3. The molecule has 0 unspecified atom stereocenters. The second-order valence-electron chi connectivity index (χ2n) is 2.82. The van der Waals surface area contributed by atoms with Gasteiger partial charge in [-0.2, -0.15) is 0 Å². The average Bonchev–Trinajstić information content (AvgIpc) is 2.56. The predicted molar refractivity (Wildman–Crippen MR) is 56.9 cm³/mol. The van der Waals surface area contributed by atoms with Crippen LogP contribution in [-0.4, -0.2) is 13.0 Å². The van der Waals surface area contributed by atoms with Crippen molar-refractivity contribution in [2.45, 2.75) is 0 Å². The first kappa shape index (κ1) is 9.02. The van der Waals surface area contributed by atoms with E-state index in [0.29, 0.717) is 10.6 Å². The lowest BCUT2D eigenvalue weighted by molar-refractivity contribution is 0.100. The highest BCUT2D eigenvalue weighted by Gasteiger charge is 2.15. The van der Waals surface area contributed by atoms with Crippen LogP contribution in [-0.2, 0) is 0 Å². The molecule has 1 amide bonds. The Morgan fingerprint density at radius 2 is 2.14 bits per heavy atom. The monoisotopic (exact) mass is 207 g/mol. The van der Waals surface area contributed by atoms with Crippen molar-refractivity contribution in [2.75, 3.05) is 7.11 Å². The standard InChI is InChI=1S/C10H9NO2S/c1-13-8-6-4-2-3-5-7(6)14-9(8)10(11)12/h2-5H,1H3,(H2,11,12). The molecule has 0 aliphatic carbocycles. The first-order valence-corrected chi connectivity index (χ1v) is 4.91. The summed E-state index contributed by atoms with van der Waals surface area (Å²) in [7, 11) is 1.54. The number of thiophene rings is 1. The van der Waals surface area contributed by atoms with Gasteiger partial charge in [0.25, 0.3) is 5.91 Å². The summed E-state index contributed by atoms with van der Waals surface area (Å²) in [5.74, 6) is 0.140. The fourth-order valence-corrected chi connectivity index (χ4v) is 2.41. The maximum atomic E-state index is 11.1. The Morgan fingerprint density at radius 1 is 1.43 bits per heavy atom. The van der Waals surface area contributed by atoms with E-state index in [0.717, 1.165) is 10.1 Å². The summed E-state index contributed by atoms with van der Waals surface area (Å²) >= 11 is 1.36. The number of nitrogens with two attached hydrogens (primary N) is 1. The van der Waals surface area contributed by atoms with Crippen LogP contribution in [0.3, 0.4) is 0 Å². The Labute approximate surface area is 85.1 Å². The molecule has 2 aromatic rings. The molecule has 0 bridgehead atoms. The number of carbonyl (C=O) groups excluding carboxylic acids is 1. The molecule has 0 radical (unpaired) electrons. The molecule has 2 rings (SSSR count). The van der Waals surface area contributed by atoms with Crippen molar-refractivity contribution in [1.82, 2.24) is 0 Å². The molecule has 72 valence electrons. The lowest BCUT2D eigenvalue weighted by atomic mass is 10.2. The van der Waals surface area contributed by atoms with Gasteiger partial charge in [0.1, 0.15) is 10.6 Å². The molecule has 3 nitrogen and oxygen atoms in total. The molecule has 14 heavy (non-hydrogen) atoms. The topological polar surface area (TPSA) is 52.3 Å². The van der Waals surface area contributed by atoms with Crippen molar-refractivity contribution in [3.63, 3.8) is 0 Å². The van der Waals surface area contributed by atoms with Crippen LogP contribution in [0, 0.1) is 0 Å². The van der Waals surface area contributed by atoms with Gasteiger partial charge in [0.05, 0.1) is 7.11 Å². The van der Waals surface area contributed by atoms with Gasteiger partial charge in [0, 0.05) is 10.1 Å². The number of amides is 1. The Morgan fingerprint density at radius 3 is 2.79 bits per heavy atom. The number of carbonyl (C=O) groups is 1. The number of primary amides is 1. The van der Waals surface area contributed by atoms with Crippen molar-refractivity contribution in [2.24, 2.45) is 5.73 Å². The Balaban J connectivity index is 2.78. The van der Waals surface area contributed by atoms with Crippen molar-refractivity contribution in [3.8, 4) is 5.75 Å². The number of rotatable bonds is 2. The maximum Gasteiger partial charge on any atom is 0.262 e. The molecular weight excluding hydrogens is 198 g/mol. The average molecular weight is 207 g/mol. The van der Waals surface area contributed by atoms with Gasteiger partial charge in [0.15, 0.2) is 0 Å². The van der Waals surface area contributed by atoms with Crippen molar-refractivity contribution >= 4 is 27.3 Å². The van der Waals surface area contributed by atoms with Crippen LogP contribution in [0.4, 0.5) is 0 Å². The molecular formula is C10H9NO2S. The Kier molecular flexibility index (Phi) is 2.13. The highest BCUT2D eigenvalue weighted by Crippen LogP contribution is 2.36. The van der Waals surface area contributed by atoms with E-state index in [-0.39, 0.29) is 0 Å². The van der Waals surface area contributed by atoms with Gasteiger partial charge in [-0.15, -0.1) is 11.3 Å². The van der Waals surface area contributed by atoms with E-state index < -0.39 is 5.91 Å². The molecule has 0 aliphatic rings. The third-order valence-electron chi connectivity index (χ3n) is 1.98. The molecule has 2 N–H and O–H groups in total. The van der Waals surface area contributed by atoms with Gasteiger partial charge >= 0.3 is 0 Å². The number of fused-ring (bicyclic) bond motifs is 1. The first-order chi connectivity index (χ1) is 6.74. The van der Waals surface area contributed by atoms with Crippen LogP contribution in [0.15, 0.2) is 24.3 Å². The molecule has 1 aromatic heterocycles. The van der Waals surface area contributed by atoms with E-state index in [9.17, 15) is 4.79 Å². The summed E-state index contributed by atoms with van der Waals surface area (Å²) in [4.78, 5) is 11.6. The lowest BCUT2D eigenvalue weighted by Crippen LogP contribution is -2.09. The molecule has 0 aliphatic heterocycles. The zero-order valence-corrected chi connectivity index (χ0v) is 8.43. The second-order valence-corrected chi connectivity index (χ2v) is 3.88. The summed E-state index contributed by atoms with van der Waals surface area (Å²) < 4.78 is 6.18. The molecule has 4 heteroatoms. The highest BCUT2D eigenvalue weighted by atomic mass is 32.1. The van der Waals surface area contributed by atoms with Gasteiger partial charge in [-0.05, 0) is 12.1 Å². The summed E-state index contributed by atoms with van der Waals surface area (Å²) in [5.41, 5.74) is 5.25. The molecule has 0 saturated heterocycles. The summed E-state index contributed by atoms with van der Waals surface area (Å²) in [6.07, 6.45) is 0. The normalized spacial score (nSPS) is 10.4. The Bertz CT molecular complexity index is 490.